The Kier molecular flexibility index (Phi) is 3.30. The quantitative estimate of drug-likeness (QED) is 0.787. The van der Waals surface area contributed by atoms with Crippen molar-refractivity contribution in [3.8, 4) is 0 Å². The van der Waals surface area contributed by atoms with Crippen molar-refractivity contribution < 1.29 is 5.11 Å². The molecule has 1 saturated carbocycles. The molecule has 1 aliphatic carbocycles. The lowest BCUT2D eigenvalue weighted by Gasteiger charge is -2.16. The maximum absolute atomic E-state index is 9.78. The monoisotopic (exact) mass is 223 g/mol. The standard InChI is InChI=1S/C12H21N3O/c1-8(11-7-15(3)14-9(11)2)13-6-12(16)10-4-5-10/h7-8,10,12-13,16H,4-6H2,1-3H3. The Bertz CT molecular complexity index is 357. The van der Waals surface area contributed by atoms with E-state index < -0.39 is 0 Å². The van der Waals surface area contributed by atoms with Crippen molar-refractivity contribution in [1.82, 2.24) is 15.1 Å². The number of aliphatic hydroxyl groups excluding tert-OH is 1. The normalized spacial score (nSPS) is 19.8. The van der Waals surface area contributed by atoms with Crippen LogP contribution >= 0.6 is 0 Å². The molecule has 1 aromatic rings. The number of nitrogens with zero attached hydrogens (tertiary/aromatic N) is 2. The second-order valence-electron chi connectivity index (χ2n) is 4.88. The molecule has 0 amide bonds. The van der Waals surface area contributed by atoms with Gasteiger partial charge in [-0.05, 0) is 32.6 Å². The first kappa shape index (κ1) is 11.6. The van der Waals surface area contributed by atoms with Gasteiger partial charge in [-0.25, -0.2) is 0 Å². The molecule has 0 saturated heterocycles. The number of rotatable bonds is 5. The van der Waals surface area contributed by atoms with E-state index in [4.69, 9.17) is 0 Å². The predicted octanol–water partition coefficient (Wildman–Crippen LogP) is 1.15. The summed E-state index contributed by atoms with van der Waals surface area (Å²) < 4.78 is 1.83. The molecule has 2 rings (SSSR count). The summed E-state index contributed by atoms with van der Waals surface area (Å²) in [4.78, 5) is 0. The first-order valence-corrected chi connectivity index (χ1v) is 5.99. The van der Waals surface area contributed by atoms with E-state index in [0.29, 0.717) is 12.5 Å². The summed E-state index contributed by atoms with van der Waals surface area (Å²) in [5, 5.41) is 17.5. The van der Waals surface area contributed by atoms with Crippen LogP contribution in [-0.2, 0) is 7.05 Å². The zero-order valence-corrected chi connectivity index (χ0v) is 10.3. The van der Waals surface area contributed by atoms with Gasteiger partial charge < -0.3 is 10.4 Å². The Morgan fingerprint density at radius 2 is 2.31 bits per heavy atom. The molecule has 0 aromatic carbocycles. The molecular weight excluding hydrogens is 202 g/mol. The van der Waals surface area contributed by atoms with Crippen molar-refractivity contribution in [2.24, 2.45) is 13.0 Å². The van der Waals surface area contributed by atoms with Crippen molar-refractivity contribution in [3.05, 3.63) is 17.5 Å². The average molecular weight is 223 g/mol. The van der Waals surface area contributed by atoms with E-state index >= 15 is 0 Å². The van der Waals surface area contributed by atoms with Gasteiger partial charge in [-0.3, -0.25) is 4.68 Å². The van der Waals surface area contributed by atoms with Crippen LogP contribution in [0.2, 0.25) is 0 Å². The summed E-state index contributed by atoms with van der Waals surface area (Å²) in [7, 11) is 1.93. The van der Waals surface area contributed by atoms with Crippen molar-refractivity contribution in [2.75, 3.05) is 6.54 Å². The lowest BCUT2D eigenvalue weighted by atomic mass is 10.1. The molecule has 1 aliphatic rings. The highest BCUT2D eigenvalue weighted by atomic mass is 16.3. The van der Waals surface area contributed by atoms with Crippen LogP contribution in [0.15, 0.2) is 6.20 Å². The van der Waals surface area contributed by atoms with Gasteiger partial charge in [0.1, 0.15) is 0 Å². The lowest BCUT2D eigenvalue weighted by molar-refractivity contribution is 0.145. The largest absolute Gasteiger partial charge is 0.392 e. The summed E-state index contributed by atoms with van der Waals surface area (Å²) in [6, 6.07) is 0.252. The highest BCUT2D eigenvalue weighted by Gasteiger charge is 2.29. The van der Waals surface area contributed by atoms with Crippen LogP contribution in [0.4, 0.5) is 0 Å². The molecule has 90 valence electrons. The first-order valence-electron chi connectivity index (χ1n) is 5.99. The average Bonchev–Trinajstić information content (AvgIpc) is 3.01. The van der Waals surface area contributed by atoms with Crippen LogP contribution in [0.1, 0.15) is 37.1 Å². The van der Waals surface area contributed by atoms with E-state index in [1.54, 1.807) is 0 Å². The van der Waals surface area contributed by atoms with Crippen LogP contribution in [0.5, 0.6) is 0 Å². The Morgan fingerprint density at radius 1 is 1.62 bits per heavy atom. The van der Waals surface area contributed by atoms with Crippen molar-refractivity contribution in [2.45, 2.75) is 38.8 Å². The maximum atomic E-state index is 9.78. The molecule has 4 heteroatoms. The molecule has 2 unspecified atom stereocenters. The van der Waals surface area contributed by atoms with Crippen LogP contribution in [0.3, 0.4) is 0 Å². The molecule has 0 radical (unpaired) electrons. The molecule has 0 bridgehead atoms. The van der Waals surface area contributed by atoms with E-state index in [9.17, 15) is 5.11 Å². The minimum atomic E-state index is -0.181. The minimum absolute atomic E-state index is 0.181. The number of aryl methyl sites for hydroxylation is 2. The first-order chi connectivity index (χ1) is 7.58. The van der Waals surface area contributed by atoms with Gasteiger partial charge in [0.05, 0.1) is 11.8 Å². The molecule has 2 N–H and O–H groups in total. The van der Waals surface area contributed by atoms with Crippen LogP contribution < -0.4 is 5.32 Å². The van der Waals surface area contributed by atoms with E-state index in [2.05, 4.69) is 17.3 Å². The van der Waals surface area contributed by atoms with Gasteiger partial charge in [-0.2, -0.15) is 5.10 Å². The van der Waals surface area contributed by atoms with Gasteiger partial charge in [0.2, 0.25) is 0 Å². The predicted molar refractivity (Wildman–Crippen MR) is 63.1 cm³/mol. The van der Waals surface area contributed by atoms with Crippen LogP contribution in [0.25, 0.3) is 0 Å². The summed E-state index contributed by atoms with van der Waals surface area (Å²) in [6.45, 7) is 4.81. The topological polar surface area (TPSA) is 50.1 Å². The minimum Gasteiger partial charge on any atom is -0.392 e. The second-order valence-corrected chi connectivity index (χ2v) is 4.88. The summed E-state index contributed by atoms with van der Waals surface area (Å²) >= 11 is 0. The fraction of sp³-hybridized carbons (Fsp3) is 0.750. The van der Waals surface area contributed by atoms with E-state index in [1.165, 1.54) is 18.4 Å². The second kappa shape index (κ2) is 4.55. The smallest absolute Gasteiger partial charge is 0.0692 e. The van der Waals surface area contributed by atoms with Gasteiger partial charge >= 0.3 is 0 Å². The summed E-state index contributed by atoms with van der Waals surface area (Å²) in [5.74, 6) is 0.537. The van der Waals surface area contributed by atoms with Gasteiger partial charge in [-0.15, -0.1) is 0 Å². The third kappa shape index (κ3) is 2.62. The van der Waals surface area contributed by atoms with E-state index in [0.717, 1.165) is 5.69 Å². The molecular formula is C12H21N3O. The number of aliphatic hydroxyl groups is 1. The fourth-order valence-electron chi connectivity index (χ4n) is 2.10. The number of hydrogen-bond acceptors (Lipinski definition) is 3. The molecule has 1 aromatic heterocycles. The molecule has 0 spiro atoms. The van der Waals surface area contributed by atoms with Gasteiger partial charge in [0, 0.05) is 31.4 Å². The maximum Gasteiger partial charge on any atom is 0.0692 e. The van der Waals surface area contributed by atoms with Gasteiger partial charge in [0.15, 0.2) is 0 Å². The van der Waals surface area contributed by atoms with Crippen LogP contribution in [-0.4, -0.2) is 27.5 Å². The molecule has 2 atom stereocenters. The number of aromatic nitrogens is 2. The molecule has 0 aliphatic heterocycles. The molecule has 1 fully saturated rings. The van der Waals surface area contributed by atoms with Crippen molar-refractivity contribution in [3.63, 3.8) is 0 Å². The zero-order valence-electron chi connectivity index (χ0n) is 10.3. The van der Waals surface area contributed by atoms with E-state index in [1.807, 2.05) is 24.9 Å². The summed E-state index contributed by atoms with van der Waals surface area (Å²) in [5.41, 5.74) is 2.27. The van der Waals surface area contributed by atoms with E-state index in [-0.39, 0.29) is 12.1 Å². The Morgan fingerprint density at radius 3 is 2.81 bits per heavy atom. The Hall–Kier alpha value is -0.870. The third-order valence-electron chi connectivity index (χ3n) is 3.32. The zero-order chi connectivity index (χ0) is 11.7. The molecule has 16 heavy (non-hydrogen) atoms. The number of hydrogen-bond donors (Lipinski definition) is 2. The Labute approximate surface area is 96.7 Å². The fourth-order valence-corrected chi connectivity index (χ4v) is 2.10. The SMILES string of the molecule is Cc1nn(C)cc1C(C)NCC(O)C1CC1. The highest BCUT2D eigenvalue weighted by molar-refractivity contribution is 5.19. The molecule has 4 nitrogen and oxygen atoms in total. The molecule has 1 heterocycles. The van der Waals surface area contributed by atoms with Gasteiger partial charge in [0.25, 0.3) is 0 Å². The van der Waals surface area contributed by atoms with Crippen LogP contribution in [0, 0.1) is 12.8 Å². The highest BCUT2D eigenvalue weighted by Crippen LogP contribution is 2.32. The van der Waals surface area contributed by atoms with Gasteiger partial charge in [-0.1, -0.05) is 0 Å². The third-order valence-corrected chi connectivity index (χ3v) is 3.32. The summed E-state index contributed by atoms with van der Waals surface area (Å²) in [6.07, 6.45) is 4.22. The number of nitrogens with one attached hydrogen (secondary N) is 1. The van der Waals surface area contributed by atoms with Crippen molar-refractivity contribution in [1.29, 1.82) is 0 Å². The Balaban J connectivity index is 1.87. The lowest BCUT2D eigenvalue weighted by Crippen LogP contribution is -2.30. The van der Waals surface area contributed by atoms with Crippen molar-refractivity contribution >= 4 is 0 Å².